The third kappa shape index (κ3) is 3.60. The molecule has 0 unspecified atom stereocenters. The lowest BCUT2D eigenvalue weighted by Crippen LogP contribution is -2.29. The first-order valence-electron chi connectivity index (χ1n) is 9.31. The molecular formula is C21H20ClN3O3. The number of carbonyl (C=O) groups is 1. The van der Waals surface area contributed by atoms with E-state index in [-0.39, 0.29) is 23.9 Å². The van der Waals surface area contributed by atoms with Crippen LogP contribution in [0.3, 0.4) is 0 Å². The Morgan fingerprint density at radius 3 is 2.75 bits per heavy atom. The Bertz CT molecular complexity index is 1040. The van der Waals surface area contributed by atoms with Gasteiger partial charge in [0.1, 0.15) is 0 Å². The van der Waals surface area contributed by atoms with Crippen molar-refractivity contribution >= 4 is 34.1 Å². The van der Waals surface area contributed by atoms with E-state index in [4.69, 9.17) is 11.6 Å². The van der Waals surface area contributed by atoms with Gasteiger partial charge in [-0.2, -0.15) is 0 Å². The lowest BCUT2D eigenvalue weighted by Gasteiger charge is -2.21. The molecule has 1 amide bonds. The van der Waals surface area contributed by atoms with Gasteiger partial charge in [-0.15, -0.1) is 0 Å². The number of nitro benzene ring substituents is 1. The number of benzene rings is 2. The number of H-pyrrole nitrogens is 1. The largest absolute Gasteiger partial charge is 0.361 e. The summed E-state index contributed by atoms with van der Waals surface area (Å²) in [5.41, 5.74) is 2.62. The number of nitrogens with one attached hydrogen (secondary N) is 1. The molecule has 1 aromatic heterocycles. The van der Waals surface area contributed by atoms with E-state index in [0.717, 1.165) is 48.0 Å². The Balaban J connectivity index is 1.78. The molecule has 3 aromatic rings. The molecule has 1 aliphatic heterocycles. The molecule has 2 heterocycles. The van der Waals surface area contributed by atoms with E-state index >= 15 is 0 Å². The number of nitro groups is 1. The highest BCUT2D eigenvalue weighted by atomic mass is 35.5. The van der Waals surface area contributed by atoms with Gasteiger partial charge in [-0.3, -0.25) is 14.9 Å². The predicted octanol–water partition coefficient (Wildman–Crippen LogP) is 4.87. The Morgan fingerprint density at radius 1 is 1.21 bits per heavy atom. The normalized spacial score (nSPS) is 15.1. The number of amides is 1. The van der Waals surface area contributed by atoms with Crippen molar-refractivity contribution in [3.63, 3.8) is 0 Å². The first kappa shape index (κ1) is 18.5. The van der Waals surface area contributed by atoms with Gasteiger partial charge in [0.2, 0.25) is 5.91 Å². The lowest BCUT2D eigenvalue weighted by molar-refractivity contribution is -0.384. The van der Waals surface area contributed by atoms with Crippen molar-refractivity contribution in [3.05, 3.63) is 74.9 Å². The highest BCUT2D eigenvalue weighted by molar-refractivity contribution is 6.31. The fourth-order valence-electron chi connectivity index (χ4n) is 3.94. The molecule has 0 spiro atoms. The standard InChI is InChI=1S/C21H20ClN3O3/c22-15-6-7-20-18(11-15)19(13-23-20)17(12-21(26)24-8-1-2-9-24)14-4-3-5-16(10-14)25(27)28/h3-7,10-11,13,17,23H,1-2,8-9,12H2/t17-/m1/s1. The van der Waals surface area contributed by atoms with Crippen LogP contribution in [0.15, 0.2) is 48.7 Å². The fourth-order valence-corrected chi connectivity index (χ4v) is 4.11. The van der Waals surface area contributed by atoms with Gasteiger partial charge in [0.15, 0.2) is 0 Å². The van der Waals surface area contributed by atoms with Gasteiger partial charge in [0, 0.05) is 59.7 Å². The topological polar surface area (TPSA) is 79.2 Å². The summed E-state index contributed by atoms with van der Waals surface area (Å²) >= 11 is 6.20. The van der Waals surface area contributed by atoms with Crippen molar-refractivity contribution in [2.45, 2.75) is 25.2 Å². The minimum absolute atomic E-state index is 0.0222. The zero-order valence-electron chi connectivity index (χ0n) is 15.2. The second-order valence-electron chi connectivity index (χ2n) is 7.13. The molecule has 0 radical (unpaired) electrons. The molecule has 4 rings (SSSR count). The molecular weight excluding hydrogens is 378 g/mol. The first-order chi connectivity index (χ1) is 13.5. The number of hydrogen-bond acceptors (Lipinski definition) is 3. The number of aromatic amines is 1. The number of carbonyl (C=O) groups excluding carboxylic acids is 1. The lowest BCUT2D eigenvalue weighted by atomic mass is 9.87. The summed E-state index contributed by atoms with van der Waals surface area (Å²) in [4.78, 5) is 28.9. The second kappa shape index (κ2) is 7.64. The smallest absolute Gasteiger partial charge is 0.269 e. The van der Waals surface area contributed by atoms with E-state index in [0.29, 0.717) is 5.02 Å². The Morgan fingerprint density at radius 2 is 2.00 bits per heavy atom. The average Bonchev–Trinajstić information content (AvgIpc) is 3.36. The number of hydrogen-bond donors (Lipinski definition) is 1. The number of rotatable bonds is 5. The van der Waals surface area contributed by atoms with Gasteiger partial charge in [-0.25, -0.2) is 0 Å². The van der Waals surface area contributed by atoms with Crippen molar-refractivity contribution in [3.8, 4) is 0 Å². The van der Waals surface area contributed by atoms with Gasteiger partial charge in [-0.05, 0) is 42.2 Å². The van der Waals surface area contributed by atoms with Gasteiger partial charge in [0.05, 0.1) is 4.92 Å². The molecule has 7 heteroatoms. The molecule has 1 N–H and O–H groups in total. The number of aromatic nitrogens is 1. The molecule has 2 aromatic carbocycles. The Labute approximate surface area is 167 Å². The van der Waals surface area contributed by atoms with Crippen LogP contribution in [0.1, 0.15) is 36.3 Å². The molecule has 1 saturated heterocycles. The van der Waals surface area contributed by atoms with Crippen LogP contribution in [-0.4, -0.2) is 33.8 Å². The SMILES string of the molecule is O=C(C[C@H](c1cccc([N+](=O)[O-])c1)c1c[nH]c2ccc(Cl)cc12)N1CCCC1. The van der Waals surface area contributed by atoms with Crippen LogP contribution in [0.25, 0.3) is 10.9 Å². The predicted molar refractivity (Wildman–Crippen MR) is 109 cm³/mol. The quantitative estimate of drug-likeness (QED) is 0.492. The maximum atomic E-state index is 12.9. The summed E-state index contributed by atoms with van der Waals surface area (Å²) in [6, 6.07) is 12.1. The Hall–Kier alpha value is -2.86. The zero-order valence-corrected chi connectivity index (χ0v) is 16.0. The first-order valence-corrected chi connectivity index (χ1v) is 9.69. The van der Waals surface area contributed by atoms with Gasteiger partial charge in [0.25, 0.3) is 5.69 Å². The molecule has 0 saturated carbocycles. The second-order valence-corrected chi connectivity index (χ2v) is 7.57. The van der Waals surface area contributed by atoms with Crippen molar-refractivity contribution < 1.29 is 9.72 Å². The van der Waals surface area contributed by atoms with Crippen molar-refractivity contribution in [2.75, 3.05) is 13.1 Å². The van der Waals surface area contributed by atoms with E-state index < -0.39 is 4.92 Å². The number of non-ortho nitro benzene ring substituents is 1. The number of halogens is 1. The summed E-state index contributed by atoms with van der Waals surface area (Å²) in [5, 5.41) is 12.8. The van der Waals surface area contributed by atoms with Crippen LogP contribution in [0.5, 0.6) is 0 Å². The van der Waals surface area contributed by atoms with Crippen LogP contribution in [0.2, 0.25) is 5.02 Å². The molecule has 6 nitrogen and oxygen atoms in total. The molecule has 0 aliphatic carbocycles. The molecule has 144 valence electrons. The number of fused-ring (bicyclic) bond motifs is 1. The minimum Gasteiger partial charge on any atom is -0.361 e. The molecule has 1 atom stereocenters. The number of nitrogens with zero attached hydrogens (tertiary/aromatic N) is 2. The van der Waals surface area contributed by atoms with Gasteiger partial charge in [-0.1, -0.05) is 23.7 Å². The fraction of sp³-hybridized carbons (Fsp3) is 0.286. The third-order valence-corrected chi connectivity index (χ3v) is 5.61. The van der Waals surface area contributed by atoms with E-state index in [9.17, 15) is 14.9 Å². The Kier molecular flexibility index (Phi) is 5.05. The third-order valence-electron chi connectivity index (χ3n) is 5.37. The van der Waals surface area contributed by atoms with Crippen molar-refractivity contribution in [1.29, 1.82) is 0 Å². The zero-order chi connectivity index (χ0) is 19.7. The average molecular weight is 398 g/mol. The van der Waals surface area contributed by atoms with Crippen LogP contribution < -0.4 is 0 Å². The minimum atomic E-state index is -0.408. The van der Waals surface area contributed by atoms with Crippen molar-refractivity contribution in [1.82, 2.24) is 9.88 Å². The maximum Gasteiger partial charge on any atom is 0.269 e. The summed E-state index contributed by atoms with van der Waals surface area (Å²) < 4.78 is 0. The van der Waals surface area contributed by atoms with E-state index in [1.165, 1.54) is 6.07 Å². The molecule has 0 bridgehead atoms. The van der Waals surface area contributed by atoms with E-state index in [2.05, 4.69) is 4.98 Å². The van der Waals surface area contributed by atoms with E-state index in [1.54, 1.807) is 12.1 Å². The summed E-state index contributed by atoms with van der Waals surface area (Å²) in [6.07, 6.45) is 4.19. The highest BCUT2D eigenvalue weighted by Crippen LogP contribution is 2.36. The van der Waals surface area contributed by atoms with Crippen LogP contribution in [-0.2, 0) is 4.79 Å². The van der Waals surface area contributed by atoms with Crippen molar-refractivity contribution in [2.24, 2.45) is 0 Å². The molecule has 28 heavy (non-hydrogen) atoms. The molecule has 1 fully saturated rings. The highest BCUT2D eigenvalue weighted by Gasteiger charge is 2.26. The van der Waals surface area contributed by atoms with Gasteiger partial charge >= 0.3 is 0 Å². The van der Waals surface area contributed by atoms with Crippen LogP contribution in [0.4, 0.5) is 5.69 Å². The van der Waals surface area contributed by atoms with Crippen LogP contribution in [0, 0.1) is 10.1 Å². The molecule has 1 aliphatic rings. The summed E-state index contributed by atoms with van der Waals surface area (Å²) in [5.74, 6) is -0.217. The summed E-state index contributed by atoms with van der Waals surface area (Å²) in [7, 11) is 0. The van der Waals surface area contributed by atoms with E-state index in [1.807, 2.05) is 35.4 Å². The van der Waals surface area contributed by atoms with Crippen LogP contribution >= 0.6 is 11.6 Å². The summed E-state index contributed by atoms with van der Waals surface area (Å²) in [6.45, 7) is 1.56. The maximum absolute atomic E-state index is 12.9. The number of likely N-dealkylation sites (tertiary alicyclic amines) is 1. The van der Waals surface area contributed by atoms with Gasteiger partial charge < -0.3 is 9.88 Å². The monoisotopic (exact) mass is 397 g/mol.